The minimum Gasteiger partial charge on any atom is -0.383 e. The summed E-state index contributed by atoms with van der Waals surface area (Å²) in [6, 6.07) is 2.91. The fraction of sp³-hybridized carbons (Fsp3) is 0.545. The second kappa shape index (κ2) is 6.86. The van der Waals surface area contributed by atoms with E-state index in [-0.39, 0.29) is 17.5 Å². The SMILES string of the molecule is COCCN(c1nc(NN)ccc1[N+](=O)[O-])C(C)C. The van der Waals surface area contributed by atoms with Gasteiger partial charge in [-0.1, -0.05) is 0 Å². The number of nitrogen functional groups attached to an aromatic ring is 1. The summed E-state index contributed by atoms with van der Waals surface area (Å²) in [7, 11) is 1.58. The third-order valence-electron chi connectivity index (χ3n) is 2.63. The van der Waals surface area contributed by atoms with Crippen molar-refractivity contribution in [2.75, 3.05) is 30.6 Å². The van der Waals surface area contributed by atoms with Crippen molar-refractivity contribution in [3.05, 3.63) is 22.2 Å². The number of aromatic nitrogens is 1. The number of nitrogens with two attached hydrogens (primary N) is 1. The minimum absolute atomic E-state index is 0.0503. The largest absolute Gasteiger partial charge is 0.383 e. The summed E-state index contributed by atoms with van der Waals surface area (Å²) in [5, 5.41) is 11.1. The molecule has 0 saturated carbocycles. The number of anilines is 2. The molecule has 0 atom stereocenters. The number of hydrogen-bond acceptors (Lipinski definition) is 7. The van der Waals surface area contributed by atoms with Crippen LogP contribution in [0.25, 0.3) is 0 Å². The van der Waals surface area contributed by atoms with E-state index in [4.69, 9.17) is 10.6 Å². The molecule has 1 rings (SSSR count). The van der Waals surface area contributed by atoms with Crippen LogP contribution in [-0.4, -0.2) is 36.2 Å². The lowest BCUT2D eigenvalue weighted by Crippen LogP contribution is -2.35. The highest BCUT2D eigenvalue weighted by molar-refractivity contribution is 5.62. The highest BCUT2D eigenvalue weighted by Crippen LogP contribution is 2.28. The Bertz CT molecular complexity index is 438. The first-order valence-corrected chi connectivity index (χ1v) is 5.88. The number of ether oxygens (including phenoxy) is 1. The van der Waals surface area contributed by atoms with Gasteiger partial charge in [-0.15, -0.1) is 0 Å². The zero-order valence-corrected chi connectivity index (χ0v) is 11.3. The van der Waals surface area contributed by atoms with Crippen LogP contribution in [0.15, 0.2) is 12.1 Å². The van der Waals surface area contributed by atoms with E-state index < -0.39 is 4.92 Å². The van der Waals surface area contributed by atoms with Crippen LogP contribution in [0.5, 0.6) is 0 Å². The molecule has 0 aromatic carbocycles. The Morgan fingerprint density at radius 3 is 2.74 bits per heavy atom. The summed E-state index contributed by atoms with van der Waals surface area (Å²) in [6.07, 6.45) is 0. The van der Waals surface area contributed by atoms with Crippen molar-refractivity contribution in [3.63, 3.8) is 0 Å². The lowest BCUT2D eigenvalue weighted by Gasteiger charge is -2.27. The number of nitro groups is 1. The molecule has 0 radical (unpaired) electrons. The third kappa shape index (κ3) is 3.76. The van der Waals surface area contributed by atoms with E-state index in [0.29, 0.717) is 19.0 Å². The molecular weight excluding hydrogens is 250 g/mol. The molecule has 1 aromatic heterocycles. The Balaban J connectivity index is 3.20. The molecule has 0 saturated heterocycles. The number of methoxy groups -OCH3 is 1. The van der Waals surface area contributed by atoms with Crippen molar-refractivity contribution >= 4 is 17.3 Å². The van der Waals surface area contributed by atoms with Crippen LogP contribution in [0.4, 0.5) is 17.3 Å². The van der Waals surface area contributed by atoms with Crippen molar-refractivity contribution in [2.24, 2.45) is 5.84 Å². The van der Waals surface area contributed by atoms with E-state index in [1.54, 1.807) is 7.11 Å². The molecule has 0 aliphatic rings. The molecule has 0 fully saturated rings. The van der Waals surface area contributed by atoms with Crippen LogP contribution in [0, 0.1) is 10.1 Å². The van der Waals surface area contributed by atoms with E-state index in [1.165, 1.54) is 12.1 Å². The predicted molar refractivity (Wildman–Crippen MR) is 73.1 cm³/mol. The minimum atomic E-state index is -0.454. The molecule has 106 valence electrons. The van der Waals surface area contributed by atoms with Gasteiger partial charge in [0.2, 0.25) is 5.82 Å². The van der Waals surface area contributed by atoms with Crippen LogP contribution >= 0.6 is 0 Å². The highest BCUT2D eigenvalue weighted by atomic mass is 16.6. The number of hydrazine groups is 1. The normalized spacial score (nSPS) is 10.6. The van der Waals surface area contributed by atoms with Crippen LogP contribution < -0.4 is 16.2 Å². The Morgan fingerprint density at radius 1 is 1.58 bits per heavy atom. The van der Waals surface area contributed by atoms with Crippen LogP contribution in [0.1, 0.15) is 13.8 Å². The molecule has 19 heavy (non-hydrogen) atoms. The maximum absolute atomic E-state index is 11.1. The summed E-state index contributed by atoms with van der Waals surface area (Å²) in [4.78, 5) is 16.6. The van der Waals surface area contributed by atoms with Gasteiger partial charge < -0.3 is 15.1 Å². The van der Waals surface area contributed by atoms with E-state index >= 15 is 0 Å². The van der Waals surface area contributed by atoms with E-state index in [1.807, 2.05) is 18.7 Å². The average Bonchev–Trinajstić information content (AvgIpc) is 2.38. The van der Waals surface area contributed by atoms with Gasteiger partial charge in [0.15, 0.2) is 0 Å². The van der Waals surface area contributed by atoms with E-state index in [2.05, 4.69) is 10.4 Å². The van der Waals surface area contributed by atoms with Gasteiger partial charge in [-0.25, -0.2) is 10.8 Å². The van der Waals surface area contributed by atoms with Gasteiger partial charge in [0.05, 0.1) is 11.5 Å². The number of pyridine rings is 1. The predicted octanol–water partition coefficient (Wildman–Crippen LogP) is 1.14. The van der Waals surface area contributed by atoms with Gasteiger partial charge in [-0.3, -0.25) is 10.1 Å². The van der Waals surface area contributed by atoms with Crippen molar-refractivity contribution < 1.29 is 9.66 Å². The Hall–Kier alpha value is -1.93. The van der Waals surface area contributed by atoms with Crippen molar-refractivity contribution in [3.8, 4) is 0 Å². The molecular formula is C11H19N5O3. The van der Waals surface area contributed by atoms with Crippen molar-refractivity contribution in [2.45, 2.75) is 19.9 Å². The average molecular weight is 269 g/mol. The Labute approximate surface area is 111 Å². The van der Waals surface area contributed by atoms with Crippen LogP contribution in [-0.2, 0) is 4.74 Å². The first-order valence-electron chi connectivity index (χ1n) is 5.88. The Morgan fingerprint density at radius 2 is 2.26 bits per heavy atom. The molecule has 3 N–H and O–H groups in total. The fourth-order valence-electron chi connectivity index (χ4n) is 1.67. The van der Waals surface area contributed by atoms with Gasteiger partial charge in [0, 0.05) is 25.8 Å². The molecule has 0 amide bonds. The fourth-order valence-corrected chi connectivity index (χ4v) is 1.67. The lowest BCUT2D eigenvalue weighted by atomic mass is 10.2. The standard InChI is InChI=1S/C11H19N5O3/c1-8(2)15(6-7-19-3)11-9(16(17)18)4-5-10(13-11)14-12/h4-5,8H,6-7,12H2,1-3H3,(H,13,14). The summed E-state index contributed by atoms with van der Waals surface area (Å²) >= 11 is 0. The summed E-state index contributed by atoms with van der Waals surface area (Å²) in [5.41, 5.74) is 2.34. The number of nitrogens with one attached hydrogen (secondary N) is 1. The quantitative estimate of drug-likeness (QED) is 0.434. The second-order valence-corrected chi connectivity index (χ2v) is 4.22. The van der Waals surface area contributed by atoms with Gasteiger partial charge in [0.1, 0.15) is 5.82 Å². The summed E-state index contributed by atoms with van der Waals surface area (Å²) in [6.45, 7) is 4.83. The molecule has 0 spiro atoms. The van der Waals surface area contributed by atoms with Crippen molar-refractivity contribution in [1.29, 1.82) is 0 Å². The molecule has 0 unspecified atom stereocenters. The van der Waals surface area contributed by atoms with E-state index in [9.17, 15) is 10.1 Å². The smallest absolute Gasteiger partial charge is 0.311 e. The molecule has 0 bridgehead atoms. The van der Waals surface area contributed by atoms with Crippen LogP contribution in [0.2, 0.25) is 0 Å². The van der Waals surface area contributed by atoms with Gasteiger partial charge >= 0.3 is 5.69 Å². The van der Waals surface area contributed by atoms with Gasteiger partial charge in [-0.2, -0.15) is 0 Å². The molecule has 1 aromatic rings. The number of hydrogen-bond donors (Lipinski definition) is 2. The van der Waals surface area contributed by atoms with E-state index in [0.717, 1.165) is 0 Å². The lowest BCUT2D eigenvalue weighted by molar-refractivity contribution is -0.384. The molecule has 8 heteroatoms. The monoisotopic (exact) mass is 269 g/mol. The maximum Gasteiger partial charge on any atom is 0.311 e. The first-order chi connectivity index (χ1) is 9.01. The molecule has 8 nitrogen and oxygen atoms in total. The molecule has 0 aliphatic carbocycles. The second-order valence-electron chi connectivity index (χ2n) is 4.22. The first kappa shape index (κ1) is 15.1. The number of rotatable bonds is 7. The van der Waals surface area contributed by atoms with Gasteiger partial charge in [-0.05, 0) is 19.9 Å². The zero-order valence-electron chi connectivity index (χ0n) is 11.3. The molecule has 1 heterocycles. The highest BCUT2D eigenvalue weighted by Gasteiger charge is 2.23. The van der Waals surface area contributed by atoms with Crippen LogP contribution in [0.3, 0.4) is 0 Å². The Kier molecular flexibility index (Phi) is 5.46. The number of nitrogens with zero attached hydrogens (tertiary/aromatic N) is 3. The summed E-state index contributed by atoms with van der Waals surface area (Å²) < 4.78 is 5.02. The van der Waals surface area contributed by atoms with Gasteiger partial charge in [0.25, 0.3) is 0 Å². The maximum atomic E-state index is 11.1. The molecule has 0 aliphatic heterocycles. The topological polar surface area (TPSA) is 107 Å². The zero-order chi connectivity index (χ0) is 14.4. The van der Waals surface area contributed by atoms with Crippen molar-refractivity contribution in [1.82, 2.24) is 4.98 Å². The summed E-state index contributed by atoms with van der Waals surface area (Å²) in [5.74, 6) is 5.96. The third-order valence-corrected chi connectivity index (χ3v) is 2.63.